The van der Waals surface area contributed by atoms with Crippen LogP contribution in [0.3, 0.4) is 0 Å². The second-order valence-electron chi connectivity index (χ2n) is 8.56. The van der Waals surface area contributed by atoms with Gasteiger partial charge in [-0.05, 0) is 37.5 Å². The van der Waals surface area contributed by atoms with Gasteiger partial charge >= 0.3 is 12.1 Å². The van der Waals surface area contributed by atoms with Crippen LogP contribution in [-0.4, -0.2) is 72.4 Å². The number of aliphatic carboxylic acids is 1. The number of hydrogen-bond acceptors (Lipinski definition) is 5. The van der Waals surface area contributed by atoms with E-state index in [1.54, 1.807) is 6.07 Å². The average molecular weight is 505 g/mol. The molecule has 0 aliphatic carbocycles. The molecule has 0 unspecified atom stereocenters. The van der Waals surface area contributed by atoms with E-state index < -0.39 is 17.7 Å². The summed E-state index contributed by atoms with van der Waals surface area (Å²) in [4.78, 5) is 37.6. The minimum absolute atomic E-state index is 0.0284. The molecule has 0 aromatic heterocycles. The maximum atomic E-state index is 13.7. The van der Waals surface area contributed by atoms with Crippen LogP contribution in [0.25, 0.3) is 0 Å². The van der Waals surface area contributed by atoms with Crippen molar-refractivity contribution < 1.29 is 37.1 Å². The number of nitrogens with one attached hydrogen (secondary N) is 2. The number of benzene rings is 1. The van der Waals surface area contributed by atoms with E-state index >= 15 is 0 Å². The van der Waals surface area contributed by atoms with Gasteiger partial charge in [0.1, 0.15) is 11.4 Å². The van der Waals surface area contributed by atoms with Crippen molar-refractivity contribution in [3.05, 3.63) is 30.1 Å². The minimum Gasteiger partial charge on any atom is -0.475 e. The van der Waals surface area contributed by atoms with Crippen LogP contribution in [0.2, 0.25) is 0 Å². The molecule has 3 rings (SSSR count). The lowest BCUT2D eigenvalue weighted by Gasteiger charge is -2.43. The number of anilines is 1. The monoisotopic (exact) mass is 504 g/mol. The maximum Gasteiger partial charge on any atom is 0.490 e. The van der Waals surface area contributed by atoms with E-state index in [2.05, 4.69) is 22.5 Å². The zero-order valence-electron chi connectivity index (χ0n) is 19.7. The van der Waals surface area contributed by atoms with Crippen LogP contribution in [0, 0.1) is 5.82 Å². The number of halogens is 4. The van der Waals surface area contributed by atoms with Crippen LogP contribution < -0.4 is 15.5 Å². The summed E-state index contributed by atoms with van der Waals surface area (Å²) in [5, 5.41) is 13.0. The number of nitrogens with zero attached hydrogens (tertiary/aromatic N) is 2. The number of alkyl halides is 3. The SMILES string of the molecule is CCCCCC(=O)NCCN1CCC2(CC1)C(=O)NCN2c1cccc(F)c1.O=C(O)C(F)(F)F. The molecule has 2 saturated heterocycles. The summed E-state index contributed by atoms with van der Waals surface area (Å²) < 4.78 is 45.4. The topological polar surface area (TPSA) is 102 Å². The molecule has 2 aliphatic rings. The third-order valence-electron chi connectivity index (χ3n) is 6.14. The second kappa shape index (κ2) is 12.7. The Balaban J connectivity index is 0.000000540. The molecule has 3 N–H and O–H groups in total. The quantitative estimate of drug-likeness (QED) is 0.372. The van der Waals surface area contributed by atoms with Crippen molar-refractivity contribution in [3.63, 3.8) is 0 Å². The number of rotatable bonds is 8. The molecule has 2 fully saturated rings. The van der Waals surface area contributed by atoms with Crippen LogP contribution in [-0.2, 0) is 14.4 Å². The number of hydrogen-bond donors (Lipinski definition) is 3. The second-order valence-corrected chi connectivity index (χ2v) is 8.56. The van der Waals surface area contributed by atoms with Crippen molar-refractivity contribution >= 4 is 23.5 Å². The van der Waals surface area contributed by atoms with Crippen LogP contribution in [0.1, 0.15) is 45.4 Å². The average Bonchev–Trinajstić information content (AvgIpc) is 3.10. The summed E-state index contributed by atoms with van der Waals surface area (Å²) >= 11 is 0. The van der Waals surface area contributed by atoms with E-state index in [-0.39, 0.29) is 17.6 Å². The molecular weight excluding hydrogens is 472 g/mol. The number of amides is 2. The van der Waals surface area contributed by atoms with Crippen LogP contribution >= 0.6 is 0 Å². The molecule has 0 radical (unpaired) electrons. The van der Waals surface area contributed by atoms with Gasteiger partial charge in [-0.1, -0.05) is 25.8 Å². The molecule has 2 aliphatic heterocycles. The van der Waals surface area contributed by atoms with E-state index in [9.17, 15) is 27.2 Å². The zero-order valence-corrected chi connectivity index (χ0v) is 19.7. The fraction of sp³-hybridized carbons (Fsp3) is 0.609. The molecule has 0 atom stereocenters. The summed E-state index contributed by atoms with van der Waals surface area (Å²) in [5.41, 5.74) is 0.138. The van der Waals surface area contributed by atoms with Crippen molar-refractivity contribution in [3.8, 4) is 0 Å². The summed E-state index contributed by atoms with van der Waals surface area (Å²) in [6.45, 7) is 5.53. The Hall–Kier alpha value is -2.89. The Morgan fingerprint density at radius 3 is 2.43 bits per heavy atom. The summed E-state index contributed by atoms with van der Waals surface area (Å²) in [6.07, 6.45) is 0.0490. The first-order chi connectivity index (χ1) is 16.5. The minimum atomic E-state index is -5.08. The molecule has 8 nitrogen and oxygen atoms in total. The highest BCUT2D eigenvalue weighted by Crippen LogP contribution is 2.36. The van der Waals surface area contributed by atoms with Crippen molar-refractivity contribution in [2.24, 2.45) is 0 Å². The first-order valence-electron chi connectivity index (χ1n) is 11.6. The number of piperidine rings is 1. The first-order valence-corrected chi connectivity index (χ1v) is 11.6. The first kappa shape index (κ1) is 28.3. The van der Waals surface area contributed by atoms with Gasteiger partial charge < -0.3 is 25.5 Å². The van der Waals surface area contributed by atoms with Gasteiger partial charge in [-0.25, -0.2) is 9.18 Å². The van der Waals surface area contributed by atoms with Crippen molar-refractivity contribution in [2.75, 3.05) is 37.7 Å². The highest BCUT2D eigenvalue weighted by Gasteiger charge is 2.50. The number of carbonyl (C=O) groups is 3. The smallest absolute Gasteiger partial charge is 0.475 e. The number of carboxylic acids is 1. The molecule has 1 aromatic rings. The third kappa shape index (κ3) is 8.08. The number of carbonyl (C=O) groups excluding carboxylic acids is 2. The normalized spacial score (nSPS) is 17.5. The Bertz CT molecular complexity index is 873. The van der Waals surface area contributed by atoms with Gasteiger partial charge in [-0.15, -0.1) is 0 Å². The molecule has 12 heteroatoms. The Kier molecular flexibility index (Phi) is 10.3. The van der Waals surface area contributed by atoms with Gasteiger partial charge in [0.2, 0.25) is 11.8 Å². The van der Waals surface area contributed by atoms with Gasteiger partial charge in [0, 0.05) is 38.3 Å². The van der Waals surface area contributed by atoms with E-state index in [1.165, 1.54) is 12.1 Å². The molecule has 0 saturated carbocycles. The van der Waals surface area contributed by atoms with Crippen LogP contribution in [0.5, 0.6) is 0 Å². The van der Waals surface area contributed by atoms with Gasteiger partial charge in [0.25, 0.3) is 0 Å². The van der Waals surface area contributed by atoms with Gasteiger partial charge in [-0.2, -0.15) is 13.2 Å². The van der Waals surface area contributed by atoms with Crippen LogP contribution in [0.15, 0.2) is 24.3 Å². The van der Waals surface area contributed by atoms with Gasteiger partial charge in [0.05, 0.1) is 6.67 Å². The summed E-state index contributed by atoms with van der Waals surface area (Å²) in [6, 6.07) is 6.44. The number of carboxylic acid groups (broad SMARTS) is 1. The van der Waals surface area contributed by atoms with E-state index in [0.29, 0.717) is 32.5 Å². The summed E-state index contributed by atoms with van der Waals surface area (Å²) in [7, 11) is 0. The Labute approximate surface area is 201 Å². The molecule has 35 heavy (non-hydrogen) atoms. The predicted octanol–water partition coefficient (Wildman–Crippen LogP) is 2.88. The van der Waals surface area contributed by atoms with Gasteiger partial charge in [-0.3, -0.25) is 9.59 Å². The zero-order chi connectivity index (χ0) is 26.1. The molecule has 196 valence electrons. The molecule has 0 bridgehead atoms. The fourth-order valence-corrected chi connectivity index (χ4v) is 4.19. The van der Waals surface area contributed by atoms with E-state index in [1.807, 2.05) is 11.0 Å². The third-order valence-corrected chi connectivity index (χ3v) is 6.14. The molecule has 2 amide bonds. The molecule has 1 spiro atoms. The standard InChI is InChI=1S/C21H31FN4O2.C2HF3O2/c1-2-3-4-8-19(27)23-11-14-25-12-9-21(10-13-25)20(28)24-16-26(21)18-7-5-6-17(22)15-18;3-2(4,5)1(6)7/h5-7,15H,2-4,8-14,16H2,1H3,(H,23,27)(H,24,28);(H,6,7). The number of unbranched alkanes of at least 4 members (excludes halogenated alkanes) is 2. The summed E-state index contributed by atoms with van der Waals surface area (Å²) in [5.74, 6) is -2.90. The largest absolute Gasteiger partial charge is 0.490 e. The lowest BCUT2D eigenvalue weighted by atomic mass is 9.85. The molecule has 2 heterocycles. The molecular formula is C23H32F4N4O4. The Morgan fingerprint density at radius 2 is 1.86 bits per heavy atom. The lowest BCUT2D eigenvalue weighted by molar-refractivity contribution is -0.192. The van der Waals surface area contributed by atoms with Crippen molar-refractivity contribution in [1.82, 2.24) is 15.5 Å². The van der Waals surface area contributed by atoms with Crippen molar-refractivity contribution in [2.45, 2.75) is 57.2 Å². The number of likely N-dealkylation sites (tertiary alicyclic amines) is 1. The van der Waals surface area contributed by atoms with Crippen LogP contribution in [0.4, 0.5) is 23.2 Å². The highest BCUT2D eigenvalue weighted by molar-refractivity contribution is 5.93. The Morgan fingerprint density at radius 1 is 1.20 bits per heavy atom. The highest BCUT2D eigenvalue weighted by atomic mass is 19.4. The molecule has 1 aromatic carbocycles. The lowest BCUT2D eigenvalue weighted by Crippen LogP contribution is -2.57. The maximum absolute atomic E-state index is 13.7. The predicted molar refractivity (Wildman–Crippen MR) is 121 cm³/mol. The van der Waals surface area contributed by atoms with E-state index in [4.69, 9.17) is 9.90 Å². The van der Waals surface area contributed by atoms with E-state index in [0.717, 1.165) is 44.6 Å². The van der Waals surface area contributed by atoms with Crippen molar-refractivity contribution in [1.29, 1.82) is 0 Å². The van der Waals surface area contributed by atoms with Gasteiger partial charge in [0.15, 0.2) is 0 Å². The fourth-order valence-electron chi connectivity index (χ4n) is 4.19.